The van der Waals surface area contributed by atoms with Gasteiger partial charge in [0.15, 0.2) is 0 Å². The zero-order chi connectivity index (χ0) is 22.8. The zero-order valence-electron chi connectivity index (χ0n) is 18.1. The molecule has 0 aliphatic rings. The molecule has 0 aromatic rings. The fourth-order valence-corrected chi connectivity index (χ4v) is 1.89. The maximum absolute atomic E-state index is 12.3. The van der Waals surface area contributed by atoms with Crippen molar-refractivity contribution in [1.82, 2.24) is 5.32 Å². The molecule has 0 bridgehead atoms. The molecule has 0 aromatic carbocycles. The number of hydrogen-bond acceptors (Lipinski definition) is 9. The molecule has 10 nitrogen and oxygen atoms in total. The van der Waals surface area contributed by atoms with E-state index in [2.05, 4.69) is 14.8 Å². The van der Waals surface area contributed by atoms with Gasteiger partial charge in [0.2, 0.25) is 5.91 Å². The predicted octanol–water partition coefficient (Wildman–Crippen LogP) is 2.02. The first kappa shape index (κ1) is 26.4. The van der Waals surface area contributed by atoms with Gasteiger partial charge in [-0.15, -0.1) is 0 Å². The summed E-state index contributed by atoms with van der Waals surface area (Å²) in [6, 6.07) is -1.40. The average Bonchev–Trinajstić information content (AvgIpc) is 2.49. The van der Waals surface area contributed by atoms with Crippen molar-refractivity contribution in [3.63, 3.8) is 0 Å². The van der Waals surface area contributed by atoms with Crippen LogP contribution in [0.1, 0.15) is 67.7 Å². The summed E-state index contributed by atoms with van der Waals surface area (Å²) in [5.41, 5.74) is -1.56. The molecule has 166 valence electrons. The number of carbonyl (C=O) groups excluding carboxylic acids is 5. The van der Waals surface area contributed by atoms with Crippen molar-refractivity contribution >= 4 is 30.0 Å². The van der Waals surface area contributed by atoms with Gasteiger partial charge < -0.3 is 24.3 Å². The molecule has 10 heteroatoms. The molecule has 0 saturated heterocycles. The Hall–Kier alpha value is -2.65. The summed E-state index contributed by atoms with van der Waals surface area (Å²) < 4.78 is 19.2. The molecule has 0 heterocycles. The minimum atomic E-state index is -1.40. The van der Waals surface area contributed by atoms with Gasteiger partial charge in [-0.2, -0.15) is 0 Å². The molecule has 0 aliphatic heterocycles. The maximum atomic E-state index is 12.3. The van der Waals surface area contributed by atoms with Crippen molar-refractivity contribution in [2.45, 2.75) is 85.0 Å². The van der Waals surface area contributed by atoms with Crippen molar-refractivity contribution in [2.24, 2.45) is 0 Å². The minimum Gasteiger partial charge on any atom is -0.460 e. The quantitative estimate of drug-likeness (QED) is 0.357. The Morgan fingerprint density at radius 2 is 1.38 bits per heavy atom. The molecule has 29 heavy (non-hydrogen) atoms. The maximum Gasteiger partial charge on any atom is 0.516 e. The summed E-state index contributed by atoms with van der Waals surface area (Å²) in [7, 11) is 0. The highest BCUT2D eigenvalue weighted by molar-refractivity contribution is 5.91. The molecule has 1 N–H and O–H groups in total. The third-order valence-electron chi connectivity index (χ3n) is 2.83. The Labute approximate surface area is 170 Å². The highest BCUT2D eigenvalue weighted by Crippen LogP contribution is 2.12. The number of nitrogens with one attached hydrogen (secondary N) is 1. The lowest BCUT2D eigenvalue weighted by atomic mass is 10.1. The van der Waals surface area contributed by atoms with Crippen LogP contribution in [0.4, 0.5) is 4.79 Å². The monoisotopic (exact) mass is 417 g/mol. The van der Waals surface area contributed by atoms with Crippen LogP contribution in [0.5, 0.6) is 0 Å². The normalized spacial score (nSPS) is 12.4. The molecule has 0 fully saturated rings. The topological polar surface area (TPSA) is 134 Å². The van der Waals surface area contributed by atoms with E-state index < -0.39 is 53.6 Å². The summed E-state index contributed by atoms with van der Waals surface area (Å²) in [5.74, 6) is -3.21. The molecule has 0 aliphatic carbocycles. The third kappa shape index (κ3) is 14.1. The molecule has 0 rings (SSSR count). The summed E-state index contributed by atoms with van der Waals surface area (Å²) in [6.45, 7) is 11.5. The summed E-state index contributed by atoms with van der Waals surface area (Å²) in [6.07, 6.45) is -2.33. The van der Waals surface area contributed by atoms with Crippen LogP contribution in [0.15, 0.2) is 0 Å². The number of amides is 1. The molecular weight excluding hydrogens is 386 g/mol. The number of ether oxygens (including phenoxy) is 4. The van der Waals surface area contributed by atoms with E-state index in [4.69, 9.17) is 9.47 Å². The first-order chi connectivity index (χ1) is 13.1. The molecule has 0 radical (unpaired) electrons. The van der Waals surface area contributed by atoms with E-state index in [9.17, 15) is 24.0 Å². The summed E-state index contributed by atoms with van der Waals surface area (Å²) >= 11 is 0. The van der Waals surface area contributed by atoms with E-state index in [1.165, 1.54) is 6.92 Å². The van der Waals surface area contributed by atoms with Crippen molar-refractivity contribution in [2.75, 3.05) is 6.61 Å². The van der Waals surface area contributed by atoms with Crippen molar-refractivity contribution in [1.29, 1.82) is 0 Å². The van der Waals surface area contributed by atoms with Crippen LogP contribution in [0.2, 0.25) is 0 Å². The van der Waals surface area contributed by atoms with E-state index >= 15 is 0 Å². The minimum absolute atomic E-state index is 0.00299. The Kier molecular flexibility index (Phi) is 10.3. The third-order valence-corrected chi connectivity index (χ3v) is 2.83. The second-order valence-corrected chi connectivity index (χ2v) is 8.10. The molecule has 0 unspecified atom stereocenters. The zero-order valence-corrected chi connectivity index (χ0v) is 18.1. The van der Waals surface area contributed by atoms with E-state index in [0.29, 0.717) is 0 Å². The Morgan fingerprint density at radius 1 is 0.828 bits per heavy atom. The second-order valence-electron chi connectivity index (χ2n) is 8.10. The highest BCUT2D eigenvalue weighted by atomic mass is 16.7. The molecular formula is C19H31NO9. The van der Waals surface area contributed by atoms with Crippen molar-refractivity contribution in [3.8, 4) is 0 Å². The van der Waals surface area contributed by atoms with Gasteiger partial charge in [-0.3, -0.25) is 14.4 Å². The van der Waals surface area contributed by atoms with Crippen LogP contribution in [0.3, 0.4) is 0 Å². The Morgan fingerprint density at radius 3 is 1.86 bits per heavy atom. The van der Waals surface area contributed by atoms with Gasteiger partial charge in [-0.25, -0.2) is 9.59 Å². The van der Waals surface area contributed by atoms with Crippen LogP contribution in [-0.4, -0.2) is 53.8 Å². The van der Waals surface area contributed by atoms with Gasteiger partial charge in [0.1, 0.15) is 17.2 Å². The smallest absolute Gasteiger partial charge is 0.460 e. The molecule has 0 aromatic heterocycles. The summed E-state index contributed by atoms with van der Waals surface area (Å²) in [4.78, 5) is 59.2. The Bertz CT molecular complexity index is 614. The lowest BCUT2D eigenvalue weighted by Crippen LogP contribution is -2.45. The Balaban J connectivity index is 4.94. The van der Waals surface area contributed by atoms with E-state index in [-0.39, 0.29) is 19.4 Å². The lowest BCUT2D eigenvalue weighted by molar-refractivity contribution is -0.161. The van der Waals surface area contributed by atoms with Crippen LogP contribution in [-0.2, 0) is 38.1 Å². The molecule has 1 atom stereocenters. The SMILES string of the molecule is CCOC(=O)OC(=O)C[C@H](NC(=O)CCC(=O)OC(C)(C)C)C(=O)OC(C)(C)C. The van der Waals surface area contributed by atoms with Gasteiger partial charge in [0.25, 0.3) is 0 Å². The van der Waals surface area contributed by atoms with Crippen LogP contribution < -0.4 is 5.32 Å². The fraction of sp³-hybridized carbons (Fsp3) is 0.737. The lowest BCUT2D eigenvalue weighted by Gasteiger charge is -2.24. The first-order valence-corrected chi connectivity index (χ1v) is 9.24. The van der Waals surface area contributed by atoms with Gasteiger partial charge in [-0.05, 0) is 48.5 Å². The van der Waals surface area contributed by atoms with E-state index in [1.54, 1.807) is 41.5 Å². The van der Waals surface area contributed by atoms with Crippen LogP contribution in [0.25, 0.3) is 0 Å². The highest BCUT2D eigenvalue weighted by Gasteiger charge is 2.30. The van der Waals surface area contributed by atoms with Crippen LogP contribution in [0, 0.1) is 0 Å². The van der Waals surface area contributed by atoms with Gasteiger partial charge in [-0.1, -0.05) is 0 Å². The molecule has 0 spiro atoms. The fourth-order valence-electron chi connectivity index (χ4n) is 1.89. The molecule has 0 saturated carbocycles. The van der Waals surface area contributed by atoms with Crippen LogP contribution >= 0.6 is 0 Å². The number of hydrogen-bond donors (Lipinski definition) is 1. The van der Waals surface area contributed by atoms with Crippen molar-refractivity contribution in [3.05, 3.63) is 0 Å². The number of carbonyl (C=O) groups is 5. The molecule has 1 amide bonds. The van der Waals surface area contributed by atoms with Gasteiger partial charge >= 0.3 is 24.1 Å². The van der Waals surface area contributed by atoms with Gasteiger partial charge in [0.05, 0.1) is 19.4 Å². The van der Waals surface area contributed by atoms with Gasteiger partial charge in [0, 0.05) is 6.42 Å². The van der Waals surface area contributed by atoms with E-state index in [0.717, 1.165) is 0 Å². The first-order valence-electron chi connectivity index (χ1n) is 9.24. The van der Waals surface area contributed by atoms with Crippen molar-refractivity contribution < 1.29 is 42.9 Å². The van der Waals surface area contributed by atoms with E-state index in [1.807, 2.05) is 0 Å². The average molecular weight is 417 g/mol. The number of rotatable bonds is 8. The largest absolute Gasteiger partial charge is 0.516 e. The number of esters is 3. The predicted molar refractivity (Wildman–Crippen MR) is 101 cm³/mol. The second kappa shape index (κ2) is 11.4. The standard InChI is InChI=1S/C19H31NO9/c1-8-26-17(25)27-15(23)11-12(16(24)29-19(5,6)7)20-13(21)9-10-14(22)28-18(2,3)4/h12H,8-11H2,1-7H3,(H,20,21)/t12-/m0/s1. The summed E-state index contributed by atoms with van der Waals surface area (Å²) in [5, 5.41) is 2.32.